The first-order valence-corrected chi connectivity index (χ1v) is 9.18. The van der Waals surface area contributed by atoms with Gasteiger partial charge in [-0.05, 0) is 53.4 Å². The fourth-order valence-corrected chi connectivity index (χ4v) is 1.97. The first-order valence-electron chi connectivity index (χ1n) is 9.18. The van der Waals surface area contributed by atoms with Gasteiger partial charge in [-0.2, -0.15) is 0 Å². The van der Waals surface area contributed by atoms with Crippen LogP contribution in [0.15, 0.2) is 0 Å². The van der Waals surface area contributed by atoms with Crippen molar-refractivity contribution in [2.24, 2.45) is 17.3 Å². The molecule has 24 heavy (non-hydrogen) atoms. The highest BCUT2D eigenvalue weighted by Gasteiger charge is 2.39. The predicted octanol–water partition coefficient (Wildman–Crippen LogP) is 4.03. The summed E-state index contributed by atoms with van der Waals surface area (Å²) in [4.78, 5) is 0. The van der Waals surface area contributed by atoms with E-state index in [2.05, 4.69) is 27.7 Å². The van der Waals surface area contributed by atoms with E-state index in [-0.39, 0.29) is 35.1 Å². The molecule has 0 saturated heterocycles. The highest BCUT2D eigenvalue weighted by molar-refractivity contribution is 4.89. The fraction of sp³-hybridized carbons (Fsp3) is 1.00. The highest BCUT2D eigenvalue weighted by atomic mass is 16.5. The smallest absolute Gasteiger partial charge is 0.0678 e. The van der Waals surface area contributed by atoms with Crippen LogP contribution in [0.25, 0.3) is 0 Å². The lowest BCUT2D eigenvalue weighted by molar-refractivity contribution is -0.143. The number of aliphatic hydroxyl groups is 2. The molecule has 0 radical (unpaired) electrons. The van der Waals surface area contributed by atoms with E-state index >= 15 is 0 Å². The van der Waals surface area contributed by atoms with Crippen molar-refractivity contribution in [3.8, 4) is 0 Å². The topological polar surface area (TPSA) is 58.9 Å². The van der Waals surface area contributed by atoms with Gasteiger partial charge in [-0.1, -0.05) is 27.7 Å². The zero-order valence-corrected chi connectivity index (χ0v) is 17.7. The maximum absolute atomic E-state index is 10.1. The van der Waals surface area contributed by atoms with E-state index in [0.717, 1.165) is 6.42 Å². The van der Waals surface area contributed by atoms with Crippen molar-refractivity contribution >= 4 is 0 Å². The van der Waals surface area contributed by atoms with E-state index in [4.69, 9.17) is 9.47 Å². The van der Waals surface area contributed by atoms with Crippen molar-refractivity contribution in [3.05, 3.63) is 0 Å². The average Bonchev–Trinajstić information content (AvgIpc) is 2.41. The second-order valence-electron chi connectivity index (χ2n) is 9.55. The predicted molar refractivity (Wildman–Crippen MR) is 100 cm³/mol. The first-order chi connectivity index (χ1) is 10.6. The molecule has 146 valence electrons. The van der Waals surface area contributed by atoms with Gasteiger partial charge < -0.3 is 19.7 Å². The standard InChI is InChI=1S/C20H42O4/c1-15(13-21)19(7,8)23-12-11-17(3,4)20(9,10)24-14-16(2)18(5,6)22/h15-16,21-22H,11-14H2,1-10H3. The van der Waals surface area contributed by atoms with Gasteiger partial charge in [0.15, 0.2) is 0 Å². The monoisotopic (exact) mass is 346 g/mol. The van der Waals surface area contributed by atoms with Gasteiger partial charge in [-0.15, -0.1) is 0 Å². The lowest BCUT2D eigenvalue weighted by atomic mass is 9.74. The maximum atomic E-state index is 10.1. The lowest BCUT2D eigenvalue weighted by Crippen LogP contribution is -2.45. The molecule has 0 saturated carbocycles. The Bertz CT molecular complexity index is 366. The molecule has 0 aliphatic carbocycles. The Kier molecular flexibility index (Phi) is 8.42. The molecule has 4 heteroatoms. The molecule has 0 aliphatic heterocycles. The van der Waals surface area contributed by atoms with Crippen LogP contribution in [-0.2, 0) is 9.47 Å². The first kappa shape index (κ1) is 23.8. The third-order valence-corrected chi connectivity index (χ3v) is 6.19. The van der Waals surface area contributed by atoms with Crippen molar-refractivity contribution < 1.29 is 19.7 Å². The van der Waals surface area contributed by atoms with Gasteiger partial charge in [-0.25, -0.2) is 0 Å². The summed E-state index contributed by atoms with van der Waals surface area (Å²) in [7, 11) is 0. The normalized spacial score (nSPS) is 17.0. The van der Waals surface area contributed by atoms with Gasteiger partial charge in [0.25, 0.3) is 0 Å². The highest BCUT2D eigenvalue weighted by Crippen LogP contribution is 2.38. The van der Waals surface area contributed by atoms with Crippen molar-refractivity contribution in [3.63, 3.8) is 0 Å². The molecule has 0 rings (SSSR count). The summed E-state index contributed by atoms with van der Waals surface area (Å²) < 4.78 is 12.2. The van der Waals surface area contributed by atoms with Crippen LogP contribution in [0.4, 0.5) is 0 Å². The van der Waals surface area contributed by atoms with Gasteiger partial charge in [-0.3, -0.25) is 0 Å². The molecule has 4 nitrogen and oxygen atoms in total. The molecule has 0 bridgehead atoms. The molecule has 0 aromatic heterocycles. The summed E-state index contributed by atoms with van der Waals surface area (Å²) in [5.41, 5.74) is -1.49. The van der Waals surface area contributed by atoms with Gasteiger partial charge >= 0.3 is 0 Å². The minimum atomic E-state index is -0.742. The van der Waals surface area contributed by atoms with E-state index in [1.807, 2.05) is 41.5 Å². The van der Waals surface area contributed by atoms with Gasteiger partial charge in [0, 0.05) is 25.0 Å². The van der Waals surface area contributed by atoms with Crippen molar-refractivity contribution in [1.82, 2.24) is 0 Å². The Hall–Kier alpha value is -0.160. The van der Waals surface area contributed by atoms with E-state index in [1.165, 1.54) is 0 Å². The maximum Gasteiger partial charge on any atom is 0.0678 e. The molecular formula is C20H42O4. The summed E-state index contributed by atoms with van der Waals surface area (Å²) in [5.74, 6) is 0.158. The molecule has 0 amide bonds. The van der Waals surface area contributed by atoms with Crippen LogP contribution < -0.4 is 0 Å². The van der Waals surface area contributed by atoms with Crippen LogP contribution in [-0.4, -0.2) is 46.8 Å². The number of rotatable bonds is 11. The largest absolute Gasteiger partial charge is 0.396 e. The minimum Gasteiger partial charge on any atom is -0.396 e. The van der Waals surface area contributed by atoms with Crippen LogP contribution in [0.5, 0.6) is 0 Å². The molecule has 0 aromatic rings. The Morgan fingerprint density at radius 2 is 1.33 bits per heavy atom. The second-order valence-corrected chi connectivity index (χ2v) is 9.55. The second kappa shape index (κ2) is 8.48. The Morgan fingerprint density at radius 3 is 1.75 bits per heavy atom. The molecule has 0 fully saturated rings. The Balaban J connectivity index is 4.63. The summed E-state index contributed by atoms with van der Waals surface area (Å²) in [6.07, 6.45) is 0.860. The van der Waals surface area contributed by atoms with E-state index in [9.17, 15) is 10.2 Å². The average molecular weight is 347 g/mol. The molecule has 0 heterocycles. The van der Waals surface area contributed by atoms with Gasteiger partial charge in [0.05, 0.1) is 23.4 Å². The lowest BCUT2D eigenvalue weighted by Gasteiger charge is -2.43. The van der Waals surface area contributed by atoms with E-state index in [1.54, 1.807) is 0 Å². The summed E-state index contributed by atoms with van der Waals surface area (Å²) in [6, 6.07) is 0. The van der Waals surface area contributed by atoms with Gasteiger partial charge in [0.2, 0.25) is 0 Å². The fourth-order valence-electron chi connectivity index (χ4n) is 1.97. The third-order valence-electron chi connectivity index (χ3n) is 6.19. The third kappa shape index (κ3) is 6.99. The van der Waals surface area contributed by atoms with Crippen LogP contribution >= 0.6 is 0 Å². The zero-order valence-electron chi connectivity index (χ0n) is 17.7. The minimum absolute atomic E-state index is 0.0631. The summed E-state index contributed by atoms with van der Waals surface area (Å²) >= 11 is 0. The zero-order chi connectivity index (χ0) is 19.4. The number of aliphatic hydroxyl groups excluding tert-OH is 1. The Morgan fingerprint density at radius 1 is 0.833 bits per heavy atom. The summed E-state index contributed by atoms with van der Waals surface area (Å²) in [5, 5.41) is 19.4. The molecule has 2 unspecified atom stereocenters. The van der Waals surface area contributed by atoms with Crippen molar-refractivity contribution in [2.75, 3.05) is 19.8 Å². The van der Waals surface area contributed by atoms with Crippen molar-refractivity contribution in [2.45, 2.75) is 92.5 Å². The van der Waals surface area contributed by atoms with Crippen molar-refractivity contribution in [1.29, 1.82) is 0 Å². The molecule has 2 atom stereocenters. The number of ether oxygens (including phenoxy) is 2. The summed E-state index contributed by atoms with van der Waals surface area (Å²) in [6.45, 7) is 21.5. The van der Waals surface area contributed by atoms with E-state index < -0.39 is 5.60 Å². The Labute approximate surface area is 149 Å². The molecule has 0 aliphatic rings. The number of hydrogen-bond donors (Lipinski definition) is 2. The van der Waals surface area contributed by atoms with Crippen LogP contribution in [0.2, 0.25) is 0 Å². The molecule has 0 aromatic carbocycles. The van der Waals surface area contributed by atoms with Crippen LogP contribution in [0, 0.1) is 17.3 Å². The SMILES string of the molecule is CC(COC(C)(C)C(C)(C)CCOC(C)(C)C(C)CO)C(C)(C)O. The van der Waals surface area contributed by atoms with E-state index in [0.29, 0.717) is 13.2 Å². The number of hydrogen-bond acceptors (Lipinski definition) is 4. The van der Waals surface area contributed by atoms with Crippen LogP contribution in [0.1, 0.15) is 75.7 Å². The molecule has 0 spiro atoms. The van der Waals surface area contributed by atoms with Crippen LogP contribution in [0.3, 0.4) is 0 Å². The molecule has 2 N–H and O–H groups in total. The van der Waals surface area contributed by atoms with Gasteiger partial charge in [0.1, 0.15) is 0 Å². The quantitative estimate of drug-likeness (QED) is 0.593. The molecular weight excluding hydrogens is 304 g/mol.